The highest BCUT2D eigenvalue weighted by Gasteiger charge is 2.05. The maximum atomic E-state index is 11.8. The third-order valence-corrected chi connectivity index (χ3v) is 4.15. The van der Waals surface area contributed by atoms with Gasteiger partial charge in [-0.3, -0.25) is 4.79 Å². The minimum atomic E-state index is -0.183. The van der Waals surface area contributed by atoms with E-state index in [2.05, 4.69) is 46.5 Å². The number of hydrogen-bond acceptors (Lipinski definition) is 5. The molecule has 6 heteroatoms. The van der Waals surface area contributed by atoms with E-state index in [9.17, 15) is 4.79 Å². The van der Waals surface area contributed by atoms with Crippen molar-refractivity contribution in [1.29, 1.82) is 0 Å². The summed E-state index contributed by atoms with van der Waals surface area (Å²) >= 11 is 1.30. The smallest absolute Gasteiger partial charge is 0.250 e. The lowest BCUT2D eigenvalue weighted by atomic mass is 10.0. The van der Waals surface area contributed by atoms with E-state index in [0.29, 0.717) is 11.1 Å². The van der Waals surface area contributed by atoms with Gasteiger partial charge in [-0.05, 0) is 37.0 Å². The number of hydrogen-bond donors (Lipinski definition) is 1. The number of carbonyl (C=O) groups excluding carboxylic acids is 1. The number of aromatic nitrogens is 2. The Kier molecular flexibility index (Phi) is 6.49. The first-order valence-corrected chi connectivity index (χ1v) is 8.79. The molecule has 0 aliphatic rings. The van der Waals surface area contributed by atoms with Crippen LogP contribution in [0.3, 0.4) is 0 Å². The molecule has 0 atom stereocenters. The van der Waals surface area contributed by atoms with Crippen molar-refractivity contribution in [2.24, 2.45) is 5.10 Å². The zero-order valence-electron chi connectivity index (χ0n) is 14.4. The largest absolute Gasteiger partial charge is 0.272 e. The molecule has 0 bridgehead atoms. The van der Waals surface area contributed by atoms with Gasteiger partial charge >= 0.3 is 0 Å². The first-order valence-electron chi connectivity index (χ1n) is 7.81. The van der Waals surface area contributed by atoms with Gasteiger partial charge in [-0.15, -0.1) is 0 Å². The van der Waals surface area contributed by atoms with Crippen molar-refractivity contribution < 1.29 is 4.79 Å². The average molecular weight is 342 g/mol. The van der Waals surface area contributed by atoms with E-state index in [1.54, 1.807) is 6.21 Å². The van der Waals surface area contributed by atoms with Crippen LogP contribution in [-0.4, -0.2) is 27.8 Å². The fourth-order valence-electron chi connectivity index (χ4n) is 2.07. The van der Waals surface area contributed by atoms with Crippen LogP contribution in [0.2, 0.25) is 0 Å². The van der Waals surface area contributed by atoms with Crippen LogP contribution >= 0.6 is 11.8 Å². The van der Waals surface area contributed by atoms with Gasteiger partial charge in [0.2, 0.25) is 0 Å². The monoisotopic (exact) mass is 342 g/mol. The minimum Gasteiger partial charge on any atom is -0.272 e. The van der Waals surface area contributed by atoms with Crippen LogP contribution in [0.1, 0.15) is 42.3 Å². The quantitative estimate of drug-likeness (QED) is 0.378. The summed E-state index contributed by atoms with van der Waals surface area (Å²) < 4.78 is 0. The minimum absolute atomic E-state index is 0.183. The molecule has 24 heavy (non-hydrogen) atoms. The molecule has 0 aliphatic heterocycles. The Bertz CT molecular complexity index is 706. The standard InChI is InChI=1S/C18H22N4OS/c1-12(2)16-7-5-15(6-8-16)10-19-22-17(23)11-24-18-20-13(3)9-14(4)21-18/h5-10,12H,11H2,1-4H3,(H,22,23). The molecule has 0 unspecified atom stereocenters. The molecule has 0 saturated heterocycles. The Labute approximate surface area is 147 Å². The number of rotatable bonds is 6. The molecule has 2 rings (SSSR count). The molecule has 1 N–H and O–H groups in total. The number of thioether (sulfide) groups is 1. The van der Waals surface area contributed by atoms with E-state index in [1.807, 2.05) is 32.0 Å². The zero-order valence-corrected chi connectivity index (χ0v) is 15.2. The number of amides is 1. The van der Waals surface area contributed by atoms with Crippen molar-refractivity contribution in [1.82, 2.24) is 15.4 Å². The summed E-state index contributed by atoms with van der Waals surface area (Å²) in [6, 6.07) is 10.0. The van der Waals surface area contributed by atoms with Crippen molar-refractivity contribution in [2.75, 3.05) is 5.75 Å². The van der Waals surface area contributed by atoms with Crippen LogP contribution in [-0.2, 0) is 4.79 Å². The first kappa shape index (κ1) is 18.1. The molecular formula is C18H22N4OS. The predicted octanol–water partition coefficient (Wildman–Crippen LogP) is 3.46. The highest BCUT2D eigenvalue weighted by molar-refractivity contribution is 7.99. The Balaban J connectivity index is 1.82. The van der Waals surface area contributed by atoms with Gasteiger partial charge in [0.25, 0.3) is 5.91 Å². The summed E-state index contributed by atoms with van der Waals surface area (Å²) in [4.78, 5) is 20.4. The average Bonchev–Trinajstić information content (AvgIpc) is 2.52. The van der Waals surface area contributed by atoms with Gasteiger partial charge in [0, 0.05) is 11.4 Å². The summed E-state index contributed by atoms with van der Waals surface area (Å²) in [5.74, 6) is 0.546. The molecule has 1 aromatic carbocycles. The van der Waals surface area contributed by atoms with Gasteiger partial charge in [0.05, 0.1) is 12.0 Å². The van der Waals surface area contributed by atoms with Crippen molar-refractivity contribution >= 4 is 23.9 Å². The van der Waals surface area contributed by atoms with Gasteiger partial charge in [-0.25, -0.2) is 15.4 Å². The molecule has 5 nitrogen and oxygen atoms in total. The lowest BCUT2D eigenvalue weighted by Gasteiger charge is -2.04. The topological polar surface area (TPSA) is 67.2 Å². The number of nitrogens with one attached hydrogen (secondary N) is 1. The summed E-state index contributed by atoms with van der Waals surface area (Å²) in [5.41, 5.74) is 6.54. The highest BCUT2D eigenvalue weighted by Crippen LogP contribution is 2.14. The Hall–Kier alpha value is -2.21. The van der Waals surface area contributed by atoms with Crippen LogP contribution in [0, 0.1) is 13.8 Å². The highest BCUT2D eigenvalue weighted by atomic mass is 32.2. The van der Waals surface area contributed by atoms with Crippen molar-refractivity contribution in [3.63, 3.8) is 0 Å². The van der Waals surface area contributed by atoms with E-state index in [0.717, 1.165) is 17.0 Å². The van der Waals surface area contributed by atoms with Gasteiger partial charge < -0.3 is 0 Å². The van der Waals surface area contributed by atoms with Crippen LogP contribution in [0.15, 0.2) is 40.6 Å². The SMILES string of the molecule is Cc1cc(C)nc(SCC(=O)NN=Cc2ccc(C(C)C)cc2)n1. The molecule has 0 aliphatic carbocycles. The molecule has 126 valence electrons. The number of nitrogens with zero attached hydrogens (tertiary/aromatic N) is 3. The Morgan fingerprint density at radius 2 is 1.83 bits per heavy atom. The second-order valence-corrected chi connectivity index (χ2v) is 6.78. The zero-order chi connectivity index (χ0) is 17.5. The molecule has 0 radical (unpaired) electrons. The van der Waals surface area contributed by atoms with Crippen LogP contribution in [0.4, 0.5) is 0 Å². The second kappa shape index (κ2) is 8.59. The van der Waals surface area contributed by atoms with Crippen LogP contribution in [0.5, 0.6) is 0 Å². The molecule has 0 saturated carbocycles. The van der Waals surface area contributed by atoms with Gasteiger partial charge in [-0.2, -0.15) is 5.10 Å². The molecule has 1 amide bonds. The van der Waals surface area contributed by atoms with E-state index in [4.69, 9.17) is 0 Å². The van der Waals surface area contributed by atoms with E-state index in [1.165, 1.54) is 17.3 Å². The number of benzene rings is 1. The first-order chi connectivity index (χ1) is 11.4. The molecular weight excluding hydrogens is 320 g/mol. The van der Waals surface area contributed by atoms with Gasteiger partial charge in [0.1, 0.15) is 0 Å². The fourth-order valence-corrected chi connectivity index (χ4v) is 2.81. The van der Waals surface area contributed by atoms with Crippen molar-refractivity contribution in [3.8, 4) is 0 Å². The van der Waals surface area contributed by atoms with Crippen LogP contribution < -0.4 is 5.43 Å². The lowest BCUT2D eigenvalue weighted by molar-refractivity contribution is -0.118. The Morgan fingerprint density at radius 3 is 2.42 bits per heavy atom. The molecule has 0 fully saturated rings. The molecule has 1 aromatic heterocycles. The normalized spacial score (nSPS) is 11.2. The van der Waals surface area contributed by atoms with E-state index >= 15 is 0 Å². The maximum Gasteiger partial charge on any atom is 0.250 e. The summed E-state index contributed by atoms with van der Waals surface area (Å²) in [5, 5.41) is 4.59. The number of hydrazone groups is 1. The summed E-state index contributed by atoms with van der Waals surface area (Å²) in [6.45, 7) is 8.13. The second-order valence-electron chi connectivity index (χ2n) is 5.84. The third-order valence-electron chi connectivity index (χ3n) is 3.30. The third kappa shape index (κ3) is 5.77. The Morgan fingerprint density at radius 1 is 1.21 bits per heavy atom. The molecule has 1 heterocycles. The number of aryl methyl sites for hydroxylation is 2. The van der Waals surface area contributed by atoms with Crippen molar-refractivity contribution in [3.05, 3.63) is 52.8 Å². The van der Waals surface area contributed by atoms with E-state index in [-0.39, 0.29) is 11.7 Å². The summed E-state index contributed by atoms with van der Waals surface area (Å²) in [7, 11) is 0. The van der Waals surface area contributed by atoms with Gasteiger partial charge in [0.15, 0.2) is 5.16 Å². The van der Waals surface area contributed by atoms with Crippen molar-refractivity contribution in [2.45, 2.75) is 38.8 Å². The maximum absolute atomic E-state index is 11.8. The lowest BCUT2D eigenvalue weighted by Crippen LogP contribution is -2.19. The molecule has 0 spiro atoms. The van der Waals surface area contributed by atoms with Crippen LogP contribution in [0.25, 0.3) is 0 Å². The number of carbonyl (C=O) groups is 1. The van der Waals surface area contributed by atoms with Gasteiger partial charge in [-0.1, -0.05) is 49.9 Å². The summed E-state index contributed by atoms with van der Waals surface area (Å²) in [6.07, 6.45) is 1.64. The van der Waals surface area contributed by atoms with E-state index < -0.39 is 0 Å². The fraction of sp³-hybridized carbons (Fsp3) is 0.333. The molecule has 2 aromatic rings. The predicted molar refractivity (Wildman–Crippen MR) is 98.5 cm³/mol.